The van der Waals surface area contributed by atoms with Crippen molar-refractivity contribution in [3.05, 3.63) is 60.3 Å². The van der Waals surface area contributed by atoms with Crippen molar-refractivity contribution in [2.45, 2.75) is 18.9 Å². The van der Waals surface area contributed by atoms with Gasteiger partial charge in [0.25, 0.3) is 11.9 Å². The summed E-state index contributed by atoms with van der Waals surface area (Å²) in [6.07, 6.45) is 2.00. The number of aryl methyl sites for hydroxylation is 1. The Morgan fingerprint density at radius 3 is 2.94 bits per heavy atom. The van der Waals surface area contributed by atoms with E-state index in [0.717, 1.165) is 47.5 Å². The molecule has 2 aromatic heterocycles. The Hall–Kier alpha value is -3.81. The number of ether oxygens (including phenoxy) is 1. The second-order valence-corrected chi connectivity index (χ2v) is 7.93. The van der Waals surface area contributed by atoms with Crippen molar-refractivity contribution < 1.29 is 13.9 Å². The first-order chi connectivity index (χ1) is 15.6. The number of nitrogens with zero attached hydrogens (tertiary/aromatic N) is 4. The van der Waals surface area contributed by atoms with Crippen molar-refractivity contribution in [3.63, 3.8) is 0 Å². The average Bonchev–Trinajstić information content (AvgIpc) is 3.55. The number of anilines is 1. The van der Waals surface area contributed by atoms with Crippen molar-refractivity contribution >= 4 is 23.0 Å². The van der Waals surface area contributed by atoms with Gasteiger partial charge in [0.05, 0.1) is 18.8 Å². The smallest absolute Gasteiger partial charge is 0.298 e. The Morgan fingerprint density at radius 1 is 1.22 bits per heavy atom. The number of rotatable bonds is 6. The monoisotopic (exact) mass is 431 g/mol. The SMILES string of the molecule is COc1cccc(-c2cc(C(=O)NCC3CCCN3c3nc4ccccc4o3)n(C)n2)c1. The molecule has 1 fully saturated rings. The molecule has 5 rings (SSSR count). The molecule has 1 aliphatic heterocycles. The van der Waals surface area contributed by atoms with Gasteiger partial charge < -0.3 is 19.4 Å². The molecule has 2 aromatic carbocycles. The normalized spacial score (nSPS) is 15.9. The van der Waals surface area contributed by atoms with E-state index in [1.165, 1.54) is 0 Å². The minimum atomic E-state index is -0.154. The lowest BCUT2D eigenvalue weighted by Gasteiger charge is -2.23. The summed E-state index contributed by atoms with van der Waals surface area (Å²) in [5, 5.41) is 7.58. The highest BCUT2D eigenvalue weighted by atomic mass is 16.5. The zero-order chi connectivity index (χ0) is 22.1. The molecule has 0 aliphatic carbocycles. The number of methoxy groups -OCH3 is 1. The largest absolute Gasteiger partial charge is 0.497 e. The molecule has 164 valence electrons. The van der Waals surface area contributed by atoms with Crippen LogP contribution < -0.4 is 15.0 Å². The summed E-state index contributed by atoms with van der Waals surface area (Å²) in [5.41, 5.74) is 3.76. The van der Waals surface area contributed by atoms with Crippen LogP contribution in [0.2, 0.25) is 0 Å². The summed E-state index contributed by atoms with van der Waals surface area (Å²) >= 11 is 0. The molecule has 8 nitrogen and oxygen atoms in total. The fourth-order valence-electron chi connectivity index (χ4n) is 4.19. The number of carbonyl (C=O) groups excluding carboxylic acids is 1. The Balaban J connectivity index is 1.28. The number of benzene rings is 2. The third-order valence-corrected chi connectivity index (χ3v) is 5.88. The molecule has 4 aromatic rings. The van der Waals surface area contributed by atoms with Crippen molar-refractivity contribution in [2.24, 2.45) is 7.05 Å². The molecule has 0 radical (unpaired) electrons. The van der Waals surface area contributed by atoms with Gasteiger partial charge in [-0.1, -0.05) is 24.3 Å². The quantitative estimate of drug-likeness (QED) is 0.502. The van der Waals surface area contributed by atoms with E-state index in [-0.39, 0.29) is 11.9 Å². The molecule has 0 bridgehead atoms. The predicted molar refractivity (Wildman–Crippen MR) is 122 cm³/mol. The fraction of sp³-hybridized carbons (Fsp3) is 0.292. The van der Waals surface area contributed by atoms with E-state index < -0.39 is 0 Å². The van der Waals surface area contributed by atoms with E-state index in [1.807, 2.05) is 48.5 Å². The Morgan fingerprint density at radius 2 is 2.09 bits per heavy atom. The Kier molecular flexibility index (Phi) is 5.26. The van der Waals surface area contributed by atoms with Gasteiger partial charge >= 0.3 is 0 Å². The van der Waals surface area contributed by atoms with Crippen molar-refractivity contribution in [1.29, 1.82) is 0 Å². The second-order valence-electron chi connectivity index (χ2n) is 7.93. The summed E-state index contributed by atoms with van der Waals surface area (Å²) < 4.78 is 12.8. The van der Waals surface area contributed by atoms with Crippen molar-refractivity contribution in [3.8, 4) is 17.0 Å². The van der Waals surface area contributed by atoms with Gasteiger partial charge in [0.1, 0.15) is 17.0 Å². The maximum atomic E-state index is 12.9. The second kappa shape index (κ2) is 8.37. The van der Waals surface area contributed by atoms with Gasteiger partial charge in [-0.25, -0.2) is 0 Å². The summed E-state index contributed by atoms with van der Waals surface area (Å²) in [4.78, 5) is 19.7. The lowest BCUT2D eigenvalue weighted by Crippen LogP contribution is -2.40. The van der Waals surface area contributed by atoms with Crippen LogP contribution in [0.5, 0.6) is 5.75 Å². The molecule has 1 aliphatic rings. The lowest BCUT2D eigenvalue weighted by molar-refractivity contribution is 0.0941. The zero-order valence-electron chi connectivity index (χ0n) is 18.1. The van der Waals surface area contributed by atoms with Crippen LogP contribution in [0, 0.1) is 0 Å². The van der Waals surface area contributed by atoms with Crippen molar-refractivity contribution in [2.75, 3.05) is 25.1 Å². The number of nitrogens with one attached hydrogen (secondary N) is 1. The fourth-order valence-corrected chi connectivity index (χ4v) is 4.19. The lowest BCUT2D eigenvalue weighted by atomic mass is 10.1. The van der Waals surface area contributed by atoms with Gasteiger partial charge in [0.2, 0.25) is 0 Å². The molecule has 1 atom stereocenters. The van der Waals surface area contributed by atoms with Crippen LogP contribution in [0.4, 0.5) is 6.01 Å². The van der Waals surface area contributed by atoms with Crippen LogP contribution in [-0.2, 0) is 7.05 Å². The number of aromatic nitrogens is 3. The number of hydrogen-bond acceptors (Lipinski definition) is 6. The molecular weight excluding hydrogens is 406 g/mol. The number of amides is 1. The van der Waals surface area contributed by atoms with Gasteiger partial charge in [0, 0.05) is 25.7 Å². The van der Waals surface area contributed by atoms with Gasteiger partial charge in [-0.05, 0) is 43.2 Å². The molecule has 8 heteroatoms. The number of oxazole rings is 1. The highest BCUT2D eigenvalue weighted by molar-refractivity contribution is 5.93. The van der Waals surface area contributed by atoms with Gasteiger partial charge in [-0.2, -0.15) is 10.1 Å². The molecule has 1 amide bonds. The number of fused-ring (bicyclic) bond motifs is 1. The van der Waals surface area contributed by atoms with E-state index in [4.69, 9.17) is 9.15 Å². The standard InChI is InChI=1S/C24H25N5O3/c1-28-21(14-20(27-28)16-7-5-9-18(13-16)31-2)23(30)25-15-17-8-6-12-29(17)24-26-19-10-3-4-11-22(19)32-24/h3-5,7,9-11,13-14,17H,6,8,12,15H2,1-2H3,(H,25,30). The molecular formula is C24H25N5O3. The minimum absolute atomic E-state index is 0.137. The zero-order valence-corrected chi connectivity index (χ0v) is 18.1. The van der Waals surface area contributed by atoms with Crippen LogP contribution in [0.1, 0.15) is 23.3 Å². The molecule has 0 spiro atoms. The van der Waals surface area contributed by atoms with Crippen LogP contribution in [0.15, 0.2) is 59.0 Å². The summed E-state index contributed by atoms with van der Waals surface area (Å²) in [5.74, 6) is 0.596. The average molecular weight is 431 g/mol. The van der Waals surface area contributed by atoms with E-state index in [0.29, 0.717) is 18.3 Å². The maximum absolute atomic E-state index is 12.9. The summed E-state index contributed by atoms with van der Waals surface area (Å²) in [7, 11) is 3.41. The van der Waals surface area contributed by atoms with Gasteiger partial charge in [-0.15, -0.1) is 0 Å². The highest BCUT2D eigenvalue weighted by Crippen LogP contribution is 2.28. The van der Waals surface area contributed by atoms with E-state index >= 15 is 0 Å². The number of para-hydroxylation sites is 2. The number of hydrogen-bond donors (Lipinski definition) is 1. The number of carbonyl (C=O) groups is 1. The van der Waals surface area contributed by atoms with E-state index in [9.17, 15) is 4.79 Å². The molecule has 1 unspecified atom stereocenters. The molecule has 1 saturated heterocycles. The van der Waals surface area contributed by atoms with Crippen LogP contribution in [-0.4, -0.2) is 46.9 Å². The van der Waals surface area contributed by atoms with Crippen molar-refractivity contribution in [1.82, 2.24) is 20.1 Å². The van der Waals surface area contributed by atoms with E-state index in [2.05, 4.69) is 20.3 Å². The first kappa shape index (κ1) is 20.1. The third-order valence-electron chi connectivity index (χ3n) is 5.88. The molecule has 1 N–H and O–H groups in total. The summed E-state index contributed by atoms with van der Waals surface area (Å²) in [6, 6.07) is 17.9. The Labute approximate surface area is 185 Å². The Bertz CT molecular complexity index is 1230. The topological polar surface area (TPSA) is 85.4 Å². The molecule has 3 heterocycles. The first-order valence-corrected chi connectivity index (χ1v) is 10.7. The predicted octanol–water partition coefficient (Wildman–Crippen LogP) is 3.64. The van der Waals surface area contributed by atoms with E-state index in [1.54, 1.807) is 24.9 Å². The molecule has 32 heavy (non-hydrogen) atoms. The van der Waals surface area contributed by atoms with Gasteiger partial charge in [-0.3, -0.25) is 9.48 Å². The summed E-state index contributed by atoms with van der Waals surface area (Å²) in [6.45, 7) is 1.37. The highest BCUT2D eigenvalue weighted by Gasteiger charge is 2.29. The van der Waals surface area contributed by atoms with Crippen LogP contribution >= 0.6 is 0 Å². The van der Waals surface area contributed by atoms with Crippen LogP contribution in [0.3, 0.4) is 0 Å². The maximum Gasteiger partial charge on any atom is 0.298 e. The van der Waals surface area contributed by atoms with Crippen LogP contribution in [0.25, 0.3) is 22.4 Å². The van der Waals surface area contributed by atoms with Gasteiger partial charge in [0.15, 0.2) is 5.58 Å². The molecule has 0 saturated carbocycles. The third kappa shape index (κ3) is 3.79. The minimum Gasteiger partial charge on any atom is -0.497 e. The first-order valence-electron chi connectivity index (χ1n) is 10.7.